The number of hydrogen-bond acceptors (Lipinski definition) is 5. The number of rotatable bonds is 5. The van der Waals surface area contributed by atoms with Crippen LogP contribution in [0, 0.1) is 29.6 Å². The molecule has 0 spiro atoms. The van der Waals surface area contributed by atoms with Gasteiger partial charge in [0.1, 0.15) is 6.10 Å². The lowest BCUT2D eigenvalue weighted by molar-refractivity contribution is -0.157. The van der Waals surface area contributed by atoms with E-state index < -0.39 is 10.3 Å². The molecule has 1 N–H and O–H groups in total. The van der Waals surface area contributed by atoms with Crippen LogP contribution in [0.1, 0.15) is 52.4 Å². The van der Waals surface area contributed by atoms with Crippen molar-refractivity contribution in [2.24, 2.45) is 29.6 Å². The van der Waals surface area contributed by atoms with Crippen molar-refractivity contribution in [2.45, 2.75) is 58.5 Å². The summed E-state index contributed by atoms with van der Waals surface area (Å²) < 4.78 is 31.7. The quantitative estimate of drug-likeness (QED) is 0.761. The lowest BCUT2D eigenvalue weighted by atomic mass is 9.80. The molecule has 6 nitrogen and oxygen atoms in total. The Labute approximate surface area is 145 Å². The minimum atomic E-state index is -3.41. The van der Waals surface area contributed by atoms with Crippen LogP contribution in [-0.2, 0) is 24.0 Å². The molecular weight excluding hydrogens is 330 g/mol. The number of carbonyl (C=O) groups is 1. The number of nitrogens with one attached hydrogen (secondary N) is 1. The highest BCUT2D eigenvalue weighted by Gasteiger charge is 2.55. The molecule has 0 amide bonds. The molecular formula is C17H31NO5S. The zero-order chi connectivity index (χ0) is 17.9. The largest absolute Gasteiger partial charge is 0.462 e. The van der Waals surface area contributed by atoms with Gasteiger partial charge in [0.2, 0.25) is 0 Å². The van der Waals surface area contributed by atoms with Gasteiger partial charge in [0.05, 0.1) is 13.0 Å². The van der Waals surface area contributed by atoms with Gasteiger partial charge in [-0.3, -0.25) is 8.98 Å². The highest BCUT2D eigenvalue weighted by Crippen LogP contribution is 2.59. The third kappa shape index (κ3) is 4.29. The molecule has 24 heavy (non-hydrogen) atoms. The zero-order valence-corrected chi connectivity index (χ0v) is 16.0. The molecule has 0 aliphatic heterocycles. The van der Waals surface area contributed by atoms with Crippen LogP contribution in [-0.4, -0.2) is 34.6 Å². The molecule has 3 fully saturated rings. The second-order valence-electron chi connectivity index (χ2n) is 7.26. The Morgan fingerprint density at radius 3 is 2.42 bits per heavy atom. The first-order valence-electron chi connectivity index (χ1n) is 9.02. The van der Waals surface area contributed by atoms with Crippen LogP contribution in [0.2, 0.25) is 0 Å². The Bertz CT molecular complexity index is 525. The van der Waals surface area contributed by atoms with Crippen molar-refractivity contribution < 1.29 is 22.1 Å². The normalized spacial score (nSPS) is 35.1. The Kier molecular flexibility index (Phi) is 6.67. The third-order valence-electron chi connectivity index (χ3n) is 6.12. The maximum absolute atomic E-state index is 11.9. The van der Waals surface area contributed by atoms with E-state index in [9.17, 15) is 13.2 Å². The van der Waals surface area contributed by atoms with E-state index >= 15 is 0 Å². The molecule has 3 saturated carbocycles. The van der Waals surface area contributed by atoms with Crippen molar-refractivity contribution in [3.8, 4) is 0 Å². The third-order valence-corrected chi connectivity index (χ3v) is 7.06. The number of ether oxygens (including phenoxy) is 1. The highest BCUT2D eigenvalue weighted by molar-refractivity contribution is 7.84. The van der Waals surface area contributed by atoms with Crippen LogP contribution < -0.4 is 4.72 Å². The number of hydrogen-bond donors (Lipinski definition) is 1. The fourth-order valence-electron chi connectivity index (χ4n) is 4.66. The van der Waals surface area contributed by atoms with Crippen molar-refractivity contribution >= 4 is 16.3 Å². The van der Waals surface area contributed by atoms with E-state index in [0.29, 0.717) is 5.92 Å². The van der Waals surface area contributed by atoms with Crippen molar-refractivity contribution in [1.82, 2.24) is 4.72 Å². The smallest absolute Gasteiger partial charge is 0.335 e. The predicted octanol–water partition coefficient (Wildman–Crippen LogP) is 2.50. The van der Waals surface area contributed by atoms with Gasteiger partial charge in [-0.15, -0.1) is 0 Å². The maximum Gasteiger partial charge on any atom is 0.335 e. The first-order valence-corrected chi connectivity index (χ1v) is 10.4. The minimum absolute atomic E-state index is 0.0413. The van der Waals surface area contributed by atoms with Gasteiger partial charge in [-0.1, -0.05) is 20.3 Å². The second kappa shape index (κ2) is 8.15. The SMILES string of the molecule is CCC(C)C(=O)OC1CC2CC1C1CCCC21.CNS(=O)(=O)OC. The molecule has 0 aromatic carbocycles. The van der Waals surface area contributed by atoms with Crippen molar-refractivity contribution in [1.29, 1.82) is 0 Å². The molecule has 0 saturated heterocycles. The van der Waals surface area contributed by atoms with Gasteiger partial charge in [0, 0.05) is 7.05 Å². The Balaban J connectivity index is 0.000000256. The Hall–Kier alpha value is -0.660. The molecule has 0 aromatic heterocycles. The summed E-state index contributed by atoms with van der Waals surface area (Å²) in [6, 6.07) is 0. The van der Waals surface area contributed by atoms with Crippen LogP contribution in [0.3, 0.4) is 0 Å². The molecule has 140 valence electrons. The van der Waals surface area contributed by atoms with Gasteiger partial charge in [-0.25, -0.2) is 0 Å². The summed E-state index contributed by atoms with van der Waals surface area (Å²) in [5.41, 5.74) is 0. The van der Waals surface area contributed by atoms with Crippen LogP contribution in [0.15, 0.2) is 0 Å². The number of esters is 1. The molecule has 6 unspecified atom stereocenters. The highest BCUT2D eigenvalue weighted by atomic mass is 32.2. The summed E-state index contributed by atoms with van der Waals surface area (Å²) in [5.74, 6) is 3.58. The summed E-state index contributed by atoms with van der Waals surface area (Å²) in [6.45, 7) is 4.04. The predicted molar refractivity (Wildman–Crippen MR) is 91.4 cm³/mol. The van der Waals surface area contributed by atoms with E-state index in [1.807, 2.05) is 11.6 Å². The van der Waals surface area contributed by atoms with Gasteiger partial charge < -0.3 is 4.74 Å². The minimum Gasteiger partial charge on any atom is -0.462 e. The van der Waals surface area contributed by atoms with E-state index in [0.717, 1.165) is 37.7 Å². The zero-order valence-electron chi connectivity index (χ0n) is 15.2. The molecule has 3 aliphatic carbocycles. The van der Waals surface area contributed by atoms with Gasteiger partial charge in [-0.05, 0) is 55.8 Å². The summed E-state index contributed by atoms with van der Waals surface area (Å²) in [6.07, 6.45) is 7.91. The molecule has 7 heteroatoms. The van der Waals surface area contributed by atoms with Crippen LogP contribution >= 0.6 is 0 Å². The van der Waals surface area contributed by atoms with Crippen molar-refractivity contribution in [2.75, 3.05) is 14.2 Å². The Morgan fingerprint density at radius 1 is 1.21 bits per heavy atom. The Morgan fingerprint density at radius 2 is 1.88 bits per heavy atom. The van der Waals surface area contributed by atoms with E-state index in [4.69, 9.17) is 4.74 Å². The number of carbonyl (C=O) groups excluding carboxylic acids is 1. The lowest BCUT2D eigenvalue weighted by Crippen LogP contribution is -2.33. The average molecular weight is 362 g/mol. The van der Waals surface area contributed by atoms with Gasteiger partial charge in [-0.2, -0.15) is 13.1 Å². The first kappa shape index (κ1) is 19.7. The molecule has 3 aliphatic rings. The average Bonchev–Trinajstić information content (AvgIpc) is 3.27. The van der Waals surface area contributed by atoms with Crippen LogP contribution in [0.5, 0.6) is 0 Å². The topological polar surface area (TPSA) is 81.7 Å². The van der Waals surface area contributed by atoms with Gasteiger partial charge in [0.25, 0.3) is 0 Å². The van der Waals surface area contributed by atoms with E-state index in [2.05, 4.69) is 11.1 Å². The monoisotopic (exact) mass is 361 g/mol. The fraction of sp³-hybridized carbons (Fsp3) is 0.941. The standard InChI is InChI=1S/C15H24O2.C2H7NO3S/c1-3-9(2)15(16)17-14-8-10-7-13(14)12-6-4-5-11(10)12;1-3-7(4,5)6-2/h9-14H,3-8H2,1-2H3;3H,1-2H3. The van der Waals surface area contributed by atoms with Crippen molar-refractivity contribution in [3.05, 3.63) is 0 Å². The summed E-state index contributed by atoms with van der Waals surface area (Å²) in [7, 11) is -1.04. The van der Waals surface area contributed by atoms with Gasteiger partial charge in [0.15, 0.2) is 0 Å². The first-order chi connectivity index (χ1) is 11.3. The van der Waals surface area contributed by atoms with Crippen LogP contribution in [0.4, 0.5) is 0 Å². The molecule has 6 atom stereocenters. The fourth-order valence-corrected chi connectivity index (χ4v) is 4.82. The van der Waals surface area contributed by atoms with Crippen molar-refractivity contribution in [3.63, 3.8) is 0 Å². The second-order valence-corrected chi connectivity index (χ2v) is 8.91. The molecule has 3 rings (SSSR count). The van der Waals surface area contributed by atoms with E-state index in [1.165, 1.54) is 32.7 Å². The molecule has 0 radical (unpaired) electrons. The molecule has 2 bridgehead atoms. The maximum atomic E-state index is 11.9. The van der Waals surface area contributed by atoms with Crippen LogP contribution in [0.25, 0.3) is 0 Å². The van der Waals surface area contributed by atoms with Gasteiger partial charge >= 0.3 is 16.3 Å². The summed E-state index contributed by atoms with van der Waals surface area (Å²) in [4.78, 5) is 11.9. The van der Waals surface area contributed by atoms with E-state index in [1.54, 1.807) is 0 Å². The molecule has 0 aromatic rings. The summed E-state index contributed by atoms with van der Waals surface area (Å²) in [5, 5.41) is 0. The number of fused-ring (bicyclic) bond motifs is 5. The lowest BCUT2D eigenvalue weighted by Gasteiger charge is -2.31. The molecule has 0 heterocycles. The summed E-state index contributed by atoms with van der Waals surface area (Å²) >= 11 is 0. The van der Waals surface area contributed by atoms with E-state index in [-0.39, 0.29) is 18.0 Å².